The number of nitrogens with zero attached hydrogens (tertiary/aromatic N) is 5. The van der Waals surface area contributed by atoms with E-state index in [-0.39, 0.29) is 11.9 Å². The number of hydrogen-bond acceptors (Lipinski definition) is 5. The van der Waals surface area contributed by atoms with Crippen molar-refractivity contribution in [1.82, 2.24) is 24.3 Å². The molecule has 7 heteroatoms. The molecule has 0 saturated carbocycles. The van der Waals surface area contributed by atoms with E-state index in [1.165, 1.54) is 0 Å². The monoisotopic (exact) mass is 275 g/mol. The van der Waals surface area contributed by atoms with E-state index in [1.54, 1.807) is 6.20 Å². The second-order valence-electron chi connectivity index (χ2n) is 4.84. The van der Waals surface area contributed by atoms with Gasteiger partial charge in [0.15, 0.2) is 11.6 Å². The standard InChI is InChI=1S/C13H17N5O2/c1-3-20-13(19)9-5-4-7-18-10(9)15-16-12(18)11-14-6-8-17(11)2/h6,8-9H,3-5,7H2,1-2H3. The number of carbonyl (C=O) groups excluding carboxylic acids is 1. The van der Waals surface area contributed by atoms with Crippen molar-refractivity contribution >= 4 is 5.97 Å². The molecule has 0 bridgehead atoms. The Balaban J connectivity index is 1.99. The number of aryl methyl sites for hydroxylation is 1. The molecule has 3 rings (SSSR count). The fourth-order valence-electron chi connectivity index (χ4n) is 2.59. The van der Waals surface area contributed by atoms with Crippen molar-refractivity contribution in [3.05, 3.63) is 18.2 Å². The number of hydrogen-bond donors (Lipinski definition) is 0. The van der Waals surface area contributed by atoms with Gasteiger partial charge >= 0.3 is 5.97 Å². The minimum Gasteiger partial charge on any atom is -0.465 e. The molecule has 2 aromatic heterocycles. The zero-order chi connectivity index (χ0) is 14.1. The molecule has 0 radical (unpaired) electrons. The van der Waals surface area contributed by atoms with Crippen LogP contribution in [0.2, 0.25) is 0 Å². The van der Waals surface area contributed by atoms with E-state index < -0.39 is 0 Å². The minimum atomic E-state index is -0.315. The zero-order valence-corrected chi connectivity index (χ0v) is 11.6. The highest BCUT2D eigenvalue weighted by molar-refractivity contribution is 5.77. The van der Waals surface area contributed by atoms with Crippen molar-refractivity contribution in [3.63, 3.8) is 0 Å². The normalized spacial score (nSPS) is 17.8. The number of ether oxygens (including phenoxy) is 1. The third-order valence-corrected chi connectivity index (χ3v) is 3.56. The van der Waals surface area contributed by atoms with Crippen molar-refractivity contribution < 1.29 is 9.53 Å². The van der Waals surface area contributed by atoms with E-state index in [9.17, 15) is 4.79 Å². The summed E-state index contributed by atoms with van der Waals surface area (Å²) in [6, 6.07) is 0. The molecule has 0 aromatic carbocycles. The molecule has 1 atom stereocenters. The van der Waals surface area contributed by atoms with Gasteiger partial charge in [0, 0.05) is 26.0 Å². The lowest BCUT2D eigenvalue weighted by Crippen LogP contribution is -2.25. The summed E-state index contributed by atoms with van der Waals surface area (Å²) >= 11 is 0. The van der Waals surface area contributed by atoms with Crippen molar-refractivity contribution in [1.29, 1.82) is 0 Å². The van der Waals surface area contributed by atoms with Gasteiger partial charge in [-0.25, -0.2) is 4.98 Å². The van der Waals surface area contributed by atoms with Gasteiger partial charge in [-0.2, -0.15) is 0 Å². The fraction of sp³-hybridized carbons (Fsp3) is 0.538. The average molecular weight is 275 g/mol. The summed E-state index contributed by atoms with van der Waals surface area (Å²) in [5, 5.41) is 8.41. The topological polar surface area (TPSA) is 74.8 Å². The van der Waals surface area contributed by atoms with Gasteiger partial charge in [-0.15, -0.1) is 10.2 Å². The average Bonchev–Trinajstić information content (AvgIpc) is 3.04. The quantitative estimate of drug-likeness (QED) is 0.785. The molecular formula is C13H17N5O2. The smallest absolute Gasteiger partial charge is 0.316 e. The van der Waals surface area contributed by atoms with Gasteiger partial charge in [0.2, 0.25) is 0 Å². The second-order valence-corrected chi connectivity index (χ2v) is 4.84. The Kier molecular flexibility index (Phi) is 3.25. The molecule has 0 N–H and O–H groups in total. The van der Waals surface area contributed by atoms with Gasteiger partial charge < -0.3 is 13.9 Å². The van der Waals surface area contributed by atoms with E-state index in [1.807, 2.05) is 29.3 Å². The van der Waals surface area contributed by atoms with E-state index in [0.717, 1.165) is 25.2 Å². The van der Waals surface area contributed by atoms with Crippen LogP contribution in [0.1, 0.15) is 31.5 Å². The Morgan fingerprint density at radius 3 is 3.00 bits per heavy atom. The zero-order valence-electron chi connectivity index (χ0n) is 11.6. The molecule has 7 nitrogen and oxygen atoms in total. The molecule has 0 spiro atoms. The summed E-state index contributed by atoms with van der Waals surface area (Å²) in [7, 11) is 1.91. The summed E-state index contributed by atoms with van der Waals surface area (Å²) in [6.07, 6.45) is 5.26. The van der Waals surface area contributed by atoms with Crippen LogP contribution in [0.4, 0.5) is 0 Å². The highest BCUT2D eigenvalue weighted by atomic mass is 16.5. The van der Waals surface area contributed by atoms with Crippen LogP contribution in [-0.2, 0) is 23.1 Å². The second kappa shape index (κ2) is 5.07. The van der Waals surface area contributed by atoms with E-state index >= 15 is 0 Å². The van der Waals surface area contributed by atoms with Crippen LogP contribution in [0.25, 0.3) is 11.6 Å². The van der Waals surface area contributed by atoms with Crippen molar-refractivity contribution in [2.75, 3.05) is 6.61 Å². The van der Waals surface area contributed by atoms with Crippen LogP contribution in [-0.4, -0.2) is 36.9 Å². The van der Waals surface area contributed by atoms with Crippen LogP contribution in [0.5, 0.6) is 0 Å². The Labute approximate surface area is 116 Å². The lowest BCUT2D eigenvalue weighted by molar-refractivity contribution is -0.145. The molecule has 3 heterocycles. The lowest BCUT2D eigenvalue weighted by Gasteiger charge is -2.21. The van der Waals surface area contributed by atoms with Crippen molar-refractivity contribution in [2.45, 2.75) is 32.2 Å². The summed E-state index contributed by atoms with van der Waals surface area (Å²) in [5.74, 6) is 1.62. The molecule has 0 amide bonds. The first-order valence-electron chi connectivity index (χ1n) is 6.79. The fourth-order valence-corrected chi connectivity index (χ4v) is 2.59. The molecule has 0 fully saturated rings. The Hall–Kier alpha value is -2.18. The number of esters is 1. The third kappa shape index (κ3) is 1.99. The molecule has 0 aliphatic carbocycles. The van der Waals surface area contributed by atoms with E-state index in [2.05, 4.69) is 15.2 Å². The first-order chi connectivity index (χ1) is 9.72. The third-order valence-electron chi connectivity index (χ3n) is 3.56. The summed E-state index contributed by atoms with van der Waals surface area (Å²) in [6.45, 7) is 3.00. The Bertz CT molecular complexity index is 630. The van der Waals surface area contributed by atoms with Crippen LogP contribution in [0.15, 0.2) is 12.4 Å². The highest BCUT2D eigenvalue weighted by Crippen LogP contribution is 2.30. The molecule has 20 heavy (non-hydrogen) atoms. The molecular weight excluding hydrogens is 258 g/mol. The maximum absolute atomic E-state index is 12.0. The van der Waals surface area contributed by atoms with Gasteiger partial charge in [0.1, 0.15) is 11.7 Å². The van der Waals surface area contributed by atoms with Gasteiger partial charge in [0.25, 0.3) is 0 Å². The predicted octanol–water partition coefficient (Wildman–Crippen LogP) is 1.12. The summed E-state index contributed by atoms with van der Waals surface area (Å²) in [4.78, 5) is 16.3. The predicted molar refractivity (Wildman–Crippen MR) is 70.8 cm³/mol. The SMILES string of the molecule is CCOC(=O)C1CCCn2c(-c3nccn3C)nnc21. The van der Waals surface area contributed by atoms with Gasteiger partial charge in [-0.05, 0) is 19.8 Å². The minimum absolute atomic E-state index is 0.216. The molecule has 1 aliphatic heterocycles. The molecule has 0 saturated heterocycles. The number of imidazole rings is 1. The molecule has 2 aromatic rings. The first kappa shape index (κ1) is 12.8. The maximum atomic E-state index is 12.0. The first-order valence-corrected chi connectivity index (χ1v) is 6.79. The van der Waals surface area contributed by atoms with Crippen LogP contribution in [0, 0.1) is 0 Å². The van der Waals surface area contributed by atoms with Gasteiger partial charge in [0.05, 0.1) is 6.61 Å². The number of fused-ring (bicyclic) bond motifs is 1. The highest BCUT2D eigenvalue weighted by Gasteiger charge is 2.32. The Morgan fingerprint density at radius 2 is 2.30 bits per heavy atom. The number of carbonyl (C=O) groups is 1. The molecule has 106 valence electrons. The molecule has 1 aliphatic rings. The summed E-state index contributed by atoms with van der Waals surface area (Å²) in [5.41, 5.74) is 0. The van der Waals surface area contributed by atoms with Gasteiger partial charge in [-0.3, -0.25) is 4.79 Å². The van der Waals surface area contributed by atoms with E-state index in [4.69, 9.17) is 4.74 Å². The van der Waals surface area contributed by atoms with Crippen LogP contribution in [0.3, 0.4) is 0 Å². The molecule has 1 unspecified atom stereocenters. The number of aromatic nitrogens is 5. The van der Waals surface area contributed by atoms with Crippen molar-refractivity contribution in [3.8, 4) is 11.6 Å². The van der Waals surface area contributed by atoms with E-state index in [0.29, 0.717) is 18.3 Å². The van der Waals surface area contributed by atoms with Crippen LogP contribution < -0.4 is 0 Å². The number of rotatable bonds is 3. The van der Waals surface area contributed by atoms with Crippen molar-refractivity contribution in [2.24, 2.45) is 7.05 Å². The van der Waals surface area contributed by atoms with Crippen LogP contribution >= 0.6 is 0 Å². The summed E-state index contributed by atoms with van der Waals surface area (Å²) < 4.78 is 8.99. The lowest BCUT2D eigenvalue weighted by atomic mass is 9.99. The Morgan fingerprint density at radius 1 is 1.45 bits per heavy atom. The van der Waals surface area contributed by atoms with Gasteiger partial charge in [-0.1, -0.05) is 0 Å². The maximum Gasteiger partial charge on any atom is 0.316 e. The largest absolute Gasteiger partial charge is 0.465 e.